The van der Waals surface area contributed by atoms with Crippen LogP contribution in [0.1, 0.15) is 25.7 Å². The van der Waals surface area contributed by atoms with E-state index in [-0.39, 0.29) is 0 Å². The third kappa shape index (κ3) is 27.7. The maximum absolute atomic E-state index is 5.24. The highest BCUT2D eigenvalue weighted by atomic mass is 33.1. The van der Waals surface area contributed by atoms with Crippen LogP contribution in [0.4, 0.5) is 0 Å². The van der Waals surface area contributed by atoms with Crippen LogP contribution in [0.3, 0.4) is 0 Å². The first kappa shape index (κ1) is 21.9. The zero-order chi connectivity index (χ0) is 15.3. The van der Waals surface area contributed by atoms with E-state index in [0.29, 0.717) is 13.2 Å². The van der Waals surface area contributed by atoms with Crippen LogP contribution in [-0.4, -0.2) is 65.3 Å². The maximum atomic E-state index is 5.24. The summed E-state index contributed by atoms with van der Waals surface area (Å²) in [6.07, 6.45) is 4.52. The van der Waals surface area contributed by atoms with Gasteiger partial charge in [0.25, 0.3) is 0 Å². The SMILES string of the molecule is CN(C)C.CN(C)C.S=S1(=S)OCCCCCCO1. The first-order chi connectivity index (χ1) is 8.67. The van der Waals surface area contributed by atoms with Crippen molar-refractivity contribution in [3.05, 3.63) is 0 Å². The van der Waals surface area contributed by atoms with Crippen molar-refractivity contribution >= 4 is 30.1 Å². The van der Waals surface area contributed by atoms with Gasteiger partial charge in [-0.15, -0.1) is 0 Å². The van der Waals surface area contributed by atoms with Crippen molar-refractivity contribution in [3.63, 3.8) is 0 Å². The molecule has 1 heterocycles. The Morgan fingerprint density at radius 1 is 0.684 bits per heavy atom. The standard InChI is InChI=1S/C6H12O2S3.2C3H9N/c9-11(10)7-5-3-1-2-4-6-8-11;2*1-4(2)3/h1-6H2;2*1-3H3. The highest BCUT2D eigenvalue weighted by Crippen LogP contribution is 2.08. The van der Waals surface area contributed by atoms with Gasteiger partial charge in [0.05, 0.1) is 13.2 Å². The van der Waals surface area contributed by atoms with Crippen molar-refractivity contribution in [1.29, 1.82) is 0 Å². The fourth-order valence-corrected chi connectivity index (χ4v) is 2.44. The lowest BCUT2D eigenvalue weighted by Gasteiger charge is -2.08. The molecule has 19 heavy (non-hydrogen) atoms. The van der Waals surface area contributed by atoms with Crippen LogP contribution in [0.25, 0.3) is 0 Å². The van der Waals surface area contributed by atoms with E-state index in [4.69, 9.17) is 30.7 Å². The minimum absolute atomic E-state index is 0.669. The van der Waals surface area contributed by atoms with Gasteiger partial charge in [-0.1, -0.05) is 12.8 Å². The summed E-state index contributed by atoms with van der Waals surface area (Å²) in [6, 6.07) is 0. The Morgan fingerprint density at radius 2 is 0.947 bits per heavy atom. The molecule has 0 spiro atoms. The fraction of sp³-hybridized carbons (Fsp3) is 1.00. The second-order valence-electron chi connectivity index (χ2n) is 5.15. The van der Waals surface area contributed by atoms with E-state index >= 15 is 0 Å². The highest BCUT2D eigenvalue weighted by Gasteiger charge is 2.04. The average molecular weight is 331 g/mol. The Balaban J connectivity index is 0. The van der Waals surface area contributed by atoms with Crippen molar-refractivity contribution in [1.82, 2.24) is 9.80 Å². The molecule has 0 unspecified atom stereocenters. The molecular weight excluding hydrogens is 300 g/mol. The molecule has 1 aliphatic heterocycles. The van der Waals surface area contributed by atoms with Crippen LogP contribution in [0.2, 0.25) is 0 Å². The van der Waals surface area contributed by atoms with Gasteiger partial charge in [-0.3, -0.25) is 8.37 Å². The van der Waals surface area contributed by atoms with Gasteiger partial charge in [-0.05, 0) is 55.1 Å². The lowest BCUT2D eigenvalue weighted by Crippen LogP contribution is -2.07. The normalized spacial score (nSPS) is 19.2. The van der Waals surface area contributed by atoms with Gasteiger partial charge in [0.2, 0.25) is 0 Å². The molecule has 1 rings (SSSR count). The number of hydrogen-bond acceptors (Lipinski definition) is 6. The number of nitrogens with zero attached hydrogens (tertiary/aromatic N) is 2. The molecule has 118 valence electrons. The molecule has 0 aliphatic carbocycles. The summed E-state index contributed by atoms with van der Waals surface area (Å²) < 4.78 is 10.5. The first-order valence-corrected chi connectivity index (χ1v) is 9.76. The van der Waals surface area contributed by atoms with Crippen LogP contribution < -0.4 is 0 Å². The van der Waals surface area contributed by atoms with E-state index < -0.39 is 7.71 Å². The van der Waals surface area contributed by atoms with E-state index in [1.165, 1.54) is 12.8 Å². The third-order valence-corrected chi connectivity index (χ3v) is 3.56. The van der Waals surface area contributed by atoms with Gasteiger partial charge >= 0.3 is 0 Å². The van der Waals surface area contributed by atoms with Gasteiger partial charge < -0.3 is 9.80 Å². The summed E-state index contributed by atoms with van der Waals surface area (Å²) in [5.41, 5.74) is 0. The zero-order valence-electron chi connectivity index (χ0n) is 13.2. The van der Waals surface area contributed by atoms with Gasteiger partial charge in [-0.25, -0.2) is 0 Å². The highest BCUT2D eigenvalue weighted by molar-refractivity contribution is 8.51. The Kier molecular flexibility index (Phi) is 15.7. The molecule has 0 aromatic carbocycles. The van der Waals surface area contributed by atoms with Crippen LogP contribution in [-0.2, 0) is 38.5 Å². The van der Waals surface area contributed by atoms with Crippen molar-refractivity contribution in [3.8, 4) is 0 Å². The van der Waals surface area contributed by atoms with Crippen molar-refractivity contribution in [2.24, 2.45) is 0 Å². The van der Waals surface area contributed by atoms with Gasteiger partial charge in [0.15, 0.2) is 0 Å². The molecule has 0 amide bonds. The summed E-state index contributed by atoms with van der Waals surface area (Å²) in [7, 11) is 10.0. The second-order valence-corrected chi connectivity index (χ2v) is 9.70. The molecular formula is C12H30N2O2S3. The lowest BCUT2D eigenvalue weighted by atomic mass is 10.2. The van der Waals surface area contributed by atoms with E-state index in [1.54, 1.807) is 0 Å². The molecule has 1 aliphatic rings. The molecule has 0 aromatic heterocycles. The fourth-order valence-electron chi connectivity index (χ4n) is 0.914. The van der Waals surface area contributed by atoms with Crippen molar-refractivity contribution in [2.75, 3.05) is 55.5 Å². The van der Waals surface area contributed by atoms with E-state index in [1.807, 2.05) is 52.1 Å². The summed E-state index contributed by atoms with van der Waals surface area (Å²) in [5.74, 6) is 0. The Bertz CT molecular complexity index is 253. The average Bonchev–Trinajstić information content (AvgIpc) is 2.28. The van der Waals surface area contributed by atoms with E-state index in [2.05, 4.69) is 0 Å². The monoisotopic (exact) mass is 330 g/mol. The molecule has 0 saturated carbocycles. The van der Waals surface area contributed by atoms with Gasteiger partial charge in [-0.2, -0.15) is 0 Å². The predicted octanol–water partition coefficient (Wildman–Crippen LogP) is 1.86. The molecule has 0 N–H and O–H groups in total. The minimum Gasteiger partial charge on any atom is -0.312 e. The Labute approximate surface area is 129 Å². The molecule has 0 atom stereocenters. The Morgan fingerprint density at radius 3 is 1.21 bits per heavy atom. The maximum Gasteiger partial charge on any atom is 0.137 e. The quantitative estimate of drug-likeness (QED) is 0.672. The minimum atomic E-state index is -2.00. The first-order valence-electron chi connectivity index (χ1n) is 6.43. The smallest absolute Gasteiger partial charge is 0.137 e. The van der Waals surface area contributed by atoms with E-state index in [9.17, 15) is 0 Å². The topological polar surface area (TPSA) is 24.9 Å². The van der Waals surface area contributed by atoms with Crippen LogP contribution in [0, 0.1) is 0 Å². The molecule has 1 fully saturated rings. The van der Waals surface area contributed by atoms with Crippen molar-refractivity contribution < 1.29 is 8.37 Å². The summed E-state index contributed by atoms with van der Waals surface area (Å²) in [6.45, 7) is 1.34. The summed E-state index contributed by atoms with van der Waals surface area (Å²) >= 11 is 9.91. The van der Waals surface area contributed by atoms with Gasteiger partial charge in [0.1, 0.15) is 7.71 Å². The summed E-state index contributed by atoms with van der Waals surface area (Å²) in [5, 5.41) is 0. The van der Waals surface area contributed by atoms with Gasteiger partial charge in [0, 0.05) is 22.4 Å². The van der Waals surface area contributed by atoms with E-state index in [0.717, 1.165) is 12.8 Å². The molecule has 0 radical (unpaired) electrons. The Hall–Kier alpha value is 0.630. The molecule has 4 nitrogen and oxygen atoms in total. The van der Waals surface area contributed by atoms with Crippen LogP contribution in [0.15, 0.2) is 0 Å². The number of hydrogen-bond donors (Lipinski definition) is 0. The van der Waals surface area contributed by atoms with Crippen molar-refractivity contribution in [2.45, 2.75) is 25.7 Å². The predicted molar refractivity (Wildman–Crippen MR) is 91.7 cm³/mol. The van der Waals surface area contributed by atoms with Crippen LogP contribution in [0.5, 0.6) is 0 Å². The molecule has 0 bridgehead atoms. The zero-order valence-corrected chi connectivity index (χ0v) is 15.6. The second kappa shape index (κ2) is 13.6. The molecule has 0 aromatic rings. The lowest BCUT2D eigenvalue weighted by molar-refractivity contribution is 0.284. The molecule has 7 heteroatoms. The molecule has 1 saturated heterocycles. The number of rotatable bonds is 0. The third-order valence-electron chi connectivity index (χ3n) is 1.49. The largest absolute Gasteiger partial charge is 0.312 e. The summed E-state index contributed by atoms with van der Waals surface area (Å²) in [4.78, 5) is 4.00. The van der Waals surface area contributed by atoms with Crippen LogP contribution >= 0.6 is 0 Å².